The normalized spacial score (nSPS) is 14.9. The molecule has 3 rings (SSSR count). The van der Waals surface area contributed by atoms with E-state index in [0.29, 0.717) is 16.5 Å². The number of ketones is 1. The maximum atomic E-state index is 12.6. The standard InChI is InChI=1S/C17H14BrClO/c18-14-7-8-16(19)15(10-14)17(20)13-6-2-5-12(9-13)11-3-1-4-11/h2,5-11H,1,3-4H2. The van der Waals surface area contributed by atoms with Crippen LogP contribution in [0.5, 0.6) is 0 Å². The molecule has 0 radical (unpaired) electrons. The molecule has 0 amide bonds. The number of carbonyl (C=O) groups excluding carboxylic acids is 1. The molecule has 102 valence electrons. The van der Waals surface area contributed by atoms with E-state index in [1.165, 1.54) is 24.8 Å². The van der Waals surface area contributed by atoms with Crippen molar-refractivity contribution in [3.63, 3.8) is 0 Å². The van der Waals surface area contributed by atoms with Gasteiger partial charge in [0.05, 0.1) is 5.02 Å². The third-order valence-corrected chi connectivity index (χ3v) is 4.72. The number of carbonyl (C=O) groups is 1. The molecule has 0 aliphatic heterocycles. The van der Waals surface area contributed by atoms with E-state index in [9.17, 15) is 4.79 Å². The predicted octanol–water partition coefficient (Wildman–Crippen LogP) is 5.60. The Morgan fingerprint density at radius 1 is 1.15 bits per heavy atom. The summed E-state index contributed by atoms with van der Waals surface area (Å²) in [5.41, 5.74) is 2.54. The Kier molecular flexibility index (Phi) is 3.95. The van der Waals surface area contributed by atoms with E-state index in [-0.39, 0.29) is 5.78 Å². The molecule has 1 saturated carbocycles. The van der Waals surface area contributed by atoms with E-state index in [2.05, 4.69) is 22.0 Å². The summed E-state index contributed by atoms with van der Waals surface area (Å²) in [6.45, 7) is 0. The Balaban J connectivity index is 1.95. The largest absolute Gasteiger partial charge is 0.289 e. The average molecular weight is 350 g/mol. The number of hydrogen-bond donors (Lipinski definition) is 0. The van der Waals surface area contributed by atoms with Gasteiger partial charge in [-0.25, -0.2) is 0 Å². The highest BCUT2D eigenvalue weighted by Crippen LogP contribution is 2.36. The summed E-state index contributed by atoms with van der Waals surface area (Å²) in [6, 6.07) is 13.3. The summed E-state index contributed by atoms with van der Waals surface area (Å²) in [4.78, 5) is 12.6. The SMILES string of the molecule is O=C(c1cccc(C2CCC2)c1)c1cc(Br)ccc1Cl. The van der Waals surface area contributed by atoms with Gasteiger partial charge in [0.1, 0.15) is 0 Å². The molecule has 2 aromatic rings. The Morgan fingerprint density at radius 2 is 1.95 bits per heavy atom. The van der Waals surface area contributed by atoms with Crippen LogP contribution < -0.4 is 0 Å². The van der Waals surface area contributed by atoms with Gasteiger partial charge in [-0.1, -0.05) is 52.2 Å². The number of rotatable bonds is 3. The molecule has 0 bridgehead atoms. The van der Waals surface area contributed by atoms with Crippen LogP contribution in [0.15, 0.2) is 46.9 Å². The number of halogens is 2. The summed E-state index contributed by atoms with van der Waals surface area (Å²) >= 11 is 9.52. The van der Waals surface area contributed by atoms with Crippen LogP contribution in [0, 0.1) is 0 Å². The molecule has 1 aliphatic rings. The van der Waals surface area contributed by atoms with Crippen molar-refractivity contribution in [2.75, 3.05) is 0 Å². The molecule has 0 unspecified atom stereocenters. The second-order valence-corrected chi connectivity index (χ2v) is 6.53. The van der Waals surface area contributed by atoms with E-state index in [1.54, 1.807) is 12.1 Å². The van der Waals surface area contributed by atoms with E-state index in [4.69, 9.17) is 11.6 Å². The first kappa shape index (κ1) is 13.8. The van der Waals surface area contributed by atoms with Crippen molar-refractivity contribution in [2.45, 2.75) is 25.2 Å². The Hall–Kier alpha value is -1.12. The zero-order valence-electron chi connectivity index (χ0n) is 10.9. The minimum Gasteiger partial charge on any atom is -0.289 e. The van der Waals surface area contributed by atoms with Gasteiger partial charge in [0.25, 0.3) is 0 Å². The van der Waals surface area contributed by atoms with Crippen LogP contribution in [-0.2, 0) is 0 Å². The fraction of sp³-hybridized carbons (Fsp3) is 0.235. The molecule has 0 spiro atoms. The average Bonchev–Trinajstić information content (AvgIpc) is 2.39. The van der Waals surface area contributed by atoms with E-state index < -0.39 is 0 Å². The summed E-state index contributed by atoms with van der Waals surface area (Å²) in [6.07, 6.45) is 3.75. The fourth-order valence-corrected chi connectivity index (χ4v) is 3.07. The van der Waals surface area contributed by atoms with Crippen LogP contribution in [0.3, 0.4) is 0 Å². The van der Waals surface area contributed by atoms with E-state index in [0.717, 1.165) is 10.0 Å². The topological polar surface area (TPSA) is 17.1 Å². The first-order valence-electron chi connectivity index (χ1n) is 6.75. The van der Waals surface area contributed by atoms with Crippen LogP contribution in [0.4, 0.5) is 0 Å². The molecule has 3 heteroatoms. The van der Waals surface area contributed by atoms with Gasteiger partial charge in [-0.3, -0.25) is 4.79 Å². The van der Waals surface area contributed by atoms with Crippen molar-refractivity contribution >= 4 is 33.3 Å². The molecule has 0 saturated heterocycles. The van der Waals surface area contributed by atoms with E-state index >= 15 is 0 Å². The van der Waals surface area contributed by atoms with Crippen LogP contribution >= 0.6 is 27.5 Å². The van der Waals surface area contributed by atoms with Gasteiger partial charge in [-0.2, -0.15) is 0 Å². The van der Waals surface area contributed by atoms with Crippen LogP contribution in [0.1, 0.15) is 46.7 Å². The van der Waals surface area contributed by atoms with Gasteiger partial charge in [-0.15, -0.1) is 0 Å². The molecular weight excluding hydrogens is 336 g/mol. The van der Waals surface area contributed by atoms with Gasteiger partial charge >= 0.3 is 0 Å². The second kappa shape index (κ2) is 5.71. The fourth-order valence-electron chi connectivity index (χ4n) is 2.50. The molecule has 1 aliphatic carbocycles. The van der Waals surface area contributed by atoms with Crippen molar-refractivity contribution in [1.29, 1.82) is 0 Å². The molecule has 0 aromatic heterocycles. The van der Waals surface area contributed by atoms with Crippen LogP contribution in [-0.4, -0.2) is 5.78 Å². The number of benzene rings is 2. The molecule has 2 aromatic carbocycles. The summed E-state index contributed by atoms with van der Waals surface area (Å²) in [5, 5.41) is 0.493. The molecule has 0 N–H and O–H groups in total. The third-order valence-electron chi connectivity index (χ3n) is 3.90. The lowest BCUT2D eigenvalue weighted by Crippen LogP contribution is -2.10. The summed E-state index contributed by atoms with van der Waals surface area (Å²) < 4.78 is 0.861. The highest BCUT2D eigenvalue weighted by Gasteiger charge is 2.21. The van der Waals surface area contributed by atoms with Crippen molar-refractivity contribution in [1.82, 2.24) is 0 Å². The molecule has 1 nitrogen and oxygen atoms in total. The smallest absolute Gasteiger partial charge is 0.194 e. The maximum absolute atomic E-state index is 12.6. The van der Waals surface area contributed by atoms with Gasteiger partial charge in [0.15, 0.2) is 5.78 Å². The Morgan fingerprint density at radius 3 is 2.65 bits per heavy atom. The molecular formula is C17H14BrClO. The molecule has 20 heavy (non-hydrogen) atoms. The maximum Gasteiger partial charge on any atom is 0.194 e. The molecule has 1 fully saturated rings. The van der Waals surface area contributed by atoms with Crippen molar-refractivity contribution in [3.8, 4) is 0 Å². The lowest BCUT2D eigenvalue weighted by Gasteiger charge is -2.26. The van der Waals surface area contributed by atoms with Gasteiger partial charge in [0.2, 0.25) is 0 Å². The minimum atomic E-state index is -0.0162. The zero-order valence-corrected chi connectivity index (χ0v) is 13.2. The van der Waals surface area contributed by atoms with E-state index in [1.807, 2.05) is 24.3 Å². The second-order valence-electron chi connectivity index (χ2n) is 5.21. The van der Waals surface area contributed by atoms with Gasteiger partial charge in [-0.05, 0) is 48.6 Å². The lowest BCUT2D eigenvalue weighted by molar-refractivity contribution is 0.103. The monoisotopic (exact) mass is 348 g/mol. The number of hydrogen-bond acceptors (Lipinski definition) is 1. The molecule has 0 heterocycles. The Bertz CT molecular complexity index is 662. The zero-order chi connectivity index (χ0) is 14.1. The first-order chi connectivity index (χ1) is 9.65. The molecule has 0 atom stereocenters. The quantitative estimate of drug-likeness (QED) is 0.659. The lowest BCUT2D eigenvalue weighted by atomic mass is 9.79. The van der Waals surface area contributed by atoms with Gasteiger partial charge in [0, 0.05) is 15.6 Å². The Labute approximate surface area is 132 Å². The highest BCUT2D eigenvalue weighted by molar-refractivity contribution is 9.10. The predicted molar refractivity (Wildman–Crippen MR) is 85.6 cm³/mol. The van der Waals surface area contributed by atoms with Gasteiger partial charge < -0.3 is 0 Å². The third kappa shape index (κ3) is 2.68. The van der Waals surface area contributed by atoms with Crippen LogP contribution in [0.2, 0.25) is 5.02 Å². The van der Waals surface area contributed by atoms with Crippen molar-refractivity contribution in [3.05, 3.63) is 68.7 Å². The summed E-state index contributed by atoms with van der Waals surface area (Å²) in [5.74, 6) is 0.609. The summed E-state index contributed by atoms with van der Waals surface area (Å²) in [7, 11) is 0. The first-order valence-corrected chi connectivity index (χ1v) is 7.92. The van der Waals surface area contributed by atoms with Crippen LogP contribution in [0.25, 0.3) is 0 Å². The van der Waals surface area contributed by atoms with Crippen molar-refractivity contribution in [2.24, 2.45) is 0 Å². The minimum absolute atomic E-state index is 0.0162. The van der Waals surface area contributed by atoms with Crippen molar-refractivity contribution < 1.29 is 4.79 Å². The highest BCUT2D eigenvalue weighted by atomic mass is 79.9.